The molecule has 4 nitrogen and oxygen atoms in total. The summed E-state index contributed by atoms with van der Waals surface area (Å²) in [5, 5.41) is 2.25. The SMILES string of the molecule is O=C(Nc1cccc(C(F)(F)F)c1)c1c[nH]ccc1=O. The van der Waals surface area contributed by atoms with E-state index >= 15 is 0 Å². The number of hydrogen-bond donors (Lipinski definition) is 2. The number of alkyl halides is 3. The third kappa shape index (κ3) is 3.05. The molecular weight excluding hydrogens is 273 g/mol. The fourth-order valence-electron chi connectivity index (χ4n) is 1.57. The Hall–Kier alpha value is -2.57. The van der Waals surface area contributed by atoms with Crippen LogP contribution in [0.4, 0.5) is 18.9 Å². The second-order valence-corrected chi connectivity index (χ2v) is 3.95. The smallest absolute Gasteiger partial charge is 0.367 e. The van der Waals surface area contributed by atoms with E-state index in [4.69, 9.17) is 0 Å². The molecule has 20 heavy (non-hydrogen) atoms. The summed E-state index contributed by atoms with van der Waals surface area (Å²) in [5.74, 6) is -0.772. The number of nitrogens with one attached hydrogen (secondary N) is 2. The topological polar surface area (TPSA) is 62.0 Å². The molecule has 0 aliphatic heterocycles. The molecule has 1 aromatic carbocycles. The standard InChI is InChI=1S/C13H9F3N2O2/c14-13(15,16)8-2-1-3-9(6-8)18-12(20)10-7-17-5-4-11(10)19/h1-7H,(H,17,19)(H,18,20). The Morgan fingerprint density at radius 1 is 1.20 bits per heavy atom. The van der Waals surface area contributed by atoms with E-state index in [0.717, 1.165) is 18.2 Å². The van der Waals surface area contributed by atoms with Crippen LogP contribution in [0.5, 0.6) is 0 Å². The van der Waals surface area contributed by atoms with Gasteiger partial charge in [-0.15, -0.1) is 0 Å². The largest absolute Gasteiger partial charge is 0.416 e. The van der Waals surface area contributed by atoms with Gasteiger partial charge in [0.25, 0.3) is 5.91 Å². The van der Waals surface area contributed by atoms with E-state index in [1.807, 2.05) is 0 Å². The summed E-state index contributed by atoms with van der Waals surface area (Å²) in [6.07, 6.45) is -1.96. The summed E-state index contributed by atoms with van der Waals surface area (Å²) in [5.41, 5.74) is -1.61. The van der Waals surface area contributed by atoms with E-state index in [0.29, 0.717) is 0 Å². The maximum atomic E-state index is 12.5. The van der Waals surface area contributed by atoms with Crippen LogP contribution in [0.15, 0.2) is 47.5 Å². The van der Waals surface area contributed by atoms with E-state index in [2.05, 4.69) is 10.3 Å². The van der Waals surface area contributed by atoms with Gasteiger partial charge < -0.3 is 10.3 Å². The first-order valence-electron chi connectivity index (χ1n) is 5.53. The van der Waals surface area contributed by atoms with Crippen molar-refractivity contribution in [3.63, 3.8) is 0 Å². The first-order valence-corrected chi connectivity index (χ1v) is 5.53. The first kappa shape index (κ1) is 13.9. The van der Waals surface area contributed by atoms with Crippen LogP contribution < -0.4 is 10.7 Å². The third-order valence-corrected chi connectivity index (χ3v) is 2.52. The number of carbonyl (C=O) groups excluding carboxylic acids is 1. The maximum Gasteiger partial charge on any atom is 0.416 e. The molecule has 0 fully saturated rings. The van der Waals surface area contributed by atoms with Crippen molar-refractivity contribution in [1.82, 2.24) is 4.98 Å². The Labute approximate surface area is 111 Å². The number of pyridine rings is 1. The predicted octanol–water partition coefficient (Wildman–Crippen LogP) is 2.65. The molecule has 2 aromatic rings. The summed E-state index contributed by atoms with van der Waals surface area (Å²) in [7, 11) is 0. The summed E-state index contributed by atoms with van der Waals surface area (Å²) < 4.78 is 37.6. The average Bonchev–Trinajstić information content (AvgIpc) is 2.38. The number of anilines is 1. The van der Waals surface area contributed by atoms with Gasteiger partial charge in [-0.2, -0.15) is 13.2 Å². The molecule has 0 spiro atoms. The van der Waals surface area contributed by atoms with E-state index in [-0.39, 0.29) is 11.3 Å². The molecule has 0 saturated carbocycles. The summed E-state index contributed by atoms with van der Waals surface area (Å²) in [6, 6.07) is 5.33. The molecule has 2 rings (SSSR count). The number of hydrogen-bond acceptors (Lipinski definition) is 2. The summed E-state index contributed by atoms with van der Waals surface area (Å²) in [6.45, 7) is 0. The number of rotatable bonds is 2. The van der Waals surface area contributed by atoms with Crippen molar-refractivity contribution in [1.29, 1.82) is 0 Å². The Balaban J connectivity index is 2.25. The molecule has 2 N–H and O–H groups in total. The van der Waals surface area contributed by atoms with Crippen LogP contribution >= 0.6 is 0 Å². The van der Waals surface area contributed by atoms with Crippen LogP contribution in [0.1, 0.15) is 15.9 Å². The minimum Gasteiger partial charge on any atom is -0.367 e. The Morgan fingerprint density at radius 2 is 1.95 bits per heavy atom. The van der Waals surface area contributed by atoms with Gasteiger partial charge in [-0.1, -0.05) is 6.07 Å². The number of amides is 1. The van der Waals surface area contributed by atoms with Crippen molar-refractivity contribution in [2.45, 2.75) is 6.18 Å². The molecule has 0 aliphatic rings. The van der Waals surface area contributed by atoms with E-state index in [9.17, 15) is 22.8 Å². The van der Waals surface area contributed by atoms with Gasteiger partial charge in [-0.3, -0.25) is 9.59 Å². The lowest BCUT2D eigenvalue weighted by molar-refractivity contribution is -0.137. The molecule has 0 unspecified atom stereocenters. The quantitative estimate of drug-likeness (QED) is 0.889. The van der Waals surface area contributed by atoms with Crippen molar-refractivity contribution in [3.8, 4) is 0 Å². The Kier molecular flexibility index (Phi) is 3.60. The lowest BCUT2D eigenvalue weighted by atomic mass is 10.2. The number of carbonyl (C=O) groups is 1. The summed E-state index contributed by atoms with van der Waals surface area (Å²) >= 11 is 0. The van der Waals surface area contributed by atoms with Gasteiger partial charge >= 0.3 is 6.18 Å². The lowest BCUT2D eigenvalue weighted by Crippen LogP contribution is -2.21. The number of aromatic nitrogens is 1. The van der Waals surface area contributed by atoms with E-state index < -0.39 is 23.1 Å². The highest BCUT2D eigenvalue weighted by molar-refractivity contribution is 6.03. The van der Waals surface area contributed by atoms with Crippen LogP contribution in [-0.4, -0.2) is 10.9 Å². The summed E-state index contributed by atoms with van der Waals surface area (Å²) in [4.78, 5) is 25.8. The van der Waals surface area contributed by atoms with Gasteiger partial charge in [-0.05, 0) is 18.2 Å². The first-order chi connectivity index (χ1) is 9.38. The van der Waals surface area contributed by atoms with Gasteiger partial charge in [0.15, 0.2) is 5.43 Å². The van der Waals surface area contributed by atoms with Gasteiger partial charge in [0.1, 0.15) is 5.56 Å². The van der Waals surface area contributed by atoms with E-state index in [1.165, 1.54) is 24.5 Å². The minimum absolute atomic E-state index is 0.0342. The van der Waals surface area contributed by atoms with Crippen molar-refractivity contribution in [2.75, 3.05) is 5.32 Å². The van der Waals surface area contributed by atoms with Crippen LogP contribution in [0.25, 0.3) is 0 Å². The zero-order valence-electron chi connectivity index (χ0n) is 9.99. The number of H-pyrrole nitrogens is 1. The highest BCUT2D eigenvalue weighted by Crippen LogP contribution is 2.30. The Morgan fingerprint density at radius 3 is 2.60 bits per heavy atom. The maximum absolute atomic E-state index is 12.5. The fraction of sp³-hybridized carbons (Fsp3) is 0.0769. The fourth-order valence-corrected chi connectivity index (χ4v) is 1.57. The predicted molar refractivity (Wildman–Crippen MR) is 66.5 cm³/mol. The van der Waals surface area contributed by atoms with Crippen LogP contribution in [0.3, 0.4) is 0 Å². The van der Waals surface area contributed by atoms with Gasteiger partial charge in [0.2, 0.25) is 0 Å². The van der Waals surface area contributed by atoms with Gasteiger partial charge in [-0.25, -0.2) is 0 Å². The van der Waals surface area contributed by atoms with Crippen LogP contribution in [0.2, 0.25) is 0 Å². The van der Waals surface area contributed by atoms with Crippen molar-refractivity contribution >= 4 is 11.6 Å². The molecule has 0 bridgehead atoms. The Bertz CT molecular complexity index is 692. The van der Waals surface area contributed by atoms with E-state index in [1.54, 1.807) is 0 Å². The third-order valence-electron chi connectivity index (χ3n) is 2.52. The van der Waals surface area contributed by atoms with Crippen LogP contribution in [0, 0.1) is 0 Å². The molecule has 1 heterocycles. The second kappa shape index (κ2) is 5.20. The normalized spacial score (nSPS) is 11.2. The monoisotopic (exact) mass is 282 g/mol. The van der Waals surface area contributed by atoms with Gasteiger partial charge in [0, 0.05) is 24.1 Å². The zero-order valence-corrected chi connectivity index (χ0v) is 9.99. The lowest BCUT2D eigenvalue weighted by Gasteiger charge is -2.09. The molecule has 0 atom stereocenters. The number of benzene rings is 1. The molecular formula is C13H9F3N2O2. The molecule has 7 heteroatoms. The van der Waals surface area contributed by atoms with Crippen molar-refractivity contribution < 1.29 is 18.0 Å². The molecule has 0 aliphatic carbocycles. The number of aromatic amines is 1. The second-order valence-electron chi connectivity index (χ2n) is 3.95. The molecule has 104 valence electrons. The molecule has 0 radical (unpaired) electrons. The highest BCUT2D eigenvalue weighted by atomic mass is 19.4. The molecule has 1 amide bonds. The van der Waals surface area contributed by atoms with Crippen molar-refractivity contribution in [2.24, 2.45) is 0 Å². The van der Waals surface area contributed by atoms with Crippen LogP contribution in [-0.2, 0) is 6.18 Å². The average molecular weight is 282 g/mol. The zero-order chi connectivity index (χ0) is 14.8. The molecule has 0 saturated heterocycles. The highest BCUT2D eigenvalue weighted by Gasteiger charge is 2.30. The van der Waals surface area contributed by atoms with Gasteiger partial charge in [0.05, 0.1) is 5.56 Å². The minimum atomic E-state index is -4.50. The molecule has 1 aromatic heterocycles. The van der Waals surface area contributed by atoms with Crippen molar-refractivity contribution in [3.05, 3.63) is 64.1 Å². The number of halogens is 3.